The lowest BCUT2D eigenvalue weighted by atomic mass is 10.2. The lowest BCUT2D eigenvalue weighted by Gasteiger charge is -2.09. The zero-order chi connectivity index (χ0) is 14.7. The average Bonchev–Trinajstić information content (AvgIpc) is 2.95. The molecule has 110 valence electrons. The number of fused-ring (bicyclic) bond motifs is 1. The van der Waals surface area contributed by atoms with Crippen LogP contribution in [0.15, 0.2) is 30.5 Å². The van der Waals surface area contributed by atoms with Crippen molar-refractivity contribution >= 4 is 11.6 Å². The fourth-order valence-electron chi connectivity index (χ4n) is 1.97. The van der Waals surface area contributed by atoms with Gasteiger partial charge in [0.25, 0.3) is 0 Å². The topological polar surface area (TPSA) is 52.6 Å². The van der Waals surface area contributed by atoms with E-state index in [9.17, 15) is 0 Å². The Kier molecular flexibility index (Phi) is 4.13. The third kappa shape index (κ3) is 3.20. The highest BCUT2D eigenvalue weighted by atomic mass is 35.5. The van der Waals surface area contributed by atoms with E-state index in [0.717, 1.165) is 17.9 Å². The zero-order valence-electron chi connectivity index (χ0n) is 11.6. The molecule has 2 aromatic rings. The predicted molar refractivity (Wildman–Crippen MR) is 79.3 cm³/mol. The van der Waals surface area contributed by atoms with E-state index in [4.69, 9.17) is 25.8 Å². The summed E-state index contributed by atoms with van der Waals surface area (Å²) < 4.78 is 16.3. The standard InChI is InChI=1S/C15H15ClN2O3/c1-2-17-7-10-5-15(18-8-12(10)16)21-11-3-4-13-14(6-11)20-9-19-13/h3-6,8,17H,2,7,9H2,1H3. The lowest BCUT2D eigenvalue weighted by molar-refractivity contribution is 0.174. The summed E-state index contributed by atoms with van der Waals surface area (Å²) in [4.78, 5) is 4.18. The Bertz CT molecular complexity index is 649. The minimum atomic E-state index is 0.241. The van der Waals surface area contributed by atoms with Crippen LogP contribution in [0.2, 0.25) is 5.02 Å². The number of pyridine rings is 1. The highest BCUT2D eigenvalue weighted by Crippen LogP contribution is 2.36. The first kappa shape index (κ1) is 14.0. The predicted octanol–water partition coefficient (Wildman–Crippen LogP) is 3.37. The van der Waals surface area contributed by atoms with Crippen molar-refractivity contribution in [2.45, 2.75) is 13.5 Å². The van der Waals surface area contributed by atoms with Crippen LogP contribution >= 0.6 is 11.6 Å². The van der Waals surface area contributed by atoms with Crippen LogP contribution in [0.1, 0.15) is 12.5 Å². The number of halogens is 1. The molecule has 0 fully saturated rings. The normalized spacial score (nSPS) is 12.5. The van der Waals surface area contributed by atoms with Crippen LogP contribution < -0.4 is 19.5 Å². The molecule has 0 saturated heterocycles. The molecule has 0 aliphatic carbocycles. The van der Waals surface area contributed by atoms with Crippen molar-refractivity contribution in [3.8, 4) is 23.1 Å². The van der Waals surface area contributed by atoms with E-state index in [0.29, 0.717) is 28.9 Å². The molecule has 21 heavy (non-hydrogen) atoms. The minimum absolute atomic E-state index is 0.241. The second-order valence-electron chi connectivity index (χ2n) is 4.51. The lowest BCUT2D eigenvalue weighted by Crippen LogP contribution is -2.12. The summed E-state index contributed by atoms with van der Waals surface area (Å²) >= 11 is 6.12. The van der Waals surface area contributed by atoms with E-state index in [1.54, 1.807) is 12.3 Å². The Balaban J connectivity index is 1.78. The first-order chi connectivity index (χ1) is 10.3. The van der Waals surface area contributed by atoms with Gasteiger partial charge in [-0.05, 0) is 24.2 Å². The van der Waals surface area contributed by atoms with Gasteiger partial charge in [0.2, 0.25) is 12.7 Å². The van der Waals surface area contributed by atoms with Crippen molar-refractivity contribution in [1.29, 1.82) is 0 Å². The van der Waals surface area contributed by atoms with Crippen LogP contribution in [0.5, 0.6) is 23.1 Å². The third-order valence-corrected chi connectivity index (χ3v) is 3.38. The number of hydrogen-bond donors (Lipinski definition) is 1. The summed E-state index contributed by atoms with van der Waals surface area (Å²) in [5.74, 6) is 2.53. The SMILES string of the molecule is CCNCc1cc(Oc2ccc3c(c2)OCO3)ncc1Cl. The van der Waals surface area contributed by atoms with Crippen molar-refractivity contribution < 1.29 is 14.2 Å². The molecule has 0 saturated carbocycles. The van der Waals surface area contributed by atoms with Gasteiger partial charge in [0.15, 0.2) is 11.5 Å². The number of nitrogens with zero attached hydrogens (tertiary/aromatic N) is 1. The van der Waals surface area contributed by atoms with Crippen molar-refractivity contribution in [1.82, 2.24) is 10.3 Å². The van der Waals surface area contributed by atoms with Gasteiger partial charge in [-0.2, -0.15) is 0 Å². The molecule has 0 amide bonds. The summed E-state index contributed by atoms with van der Waals surface area (Å²) in [5, 5.41) is 3.85. The second-order valence-corrected chi connectivity index (χ2v) is 4.92. The molecule has 1 aliphatic rings. The van der Waals surface area contributed by atoms with Gasteiger partial charge in [0.05, 0.1) is 5.02 Å². The summed E-state index contributed by atoms with van der Waals surface area (Å²) in [5.41, 5.74) is 0.948. The van der Waals surface area contributed by atoms with Gasteiger partial charge in [-0.1, -0.05) is 18.5 Å². The third-order valence-electron chi connectivity index (χ3n) is 3.04. The van der Waals surface area contributed by atoms with Crippen LogP contribution in [0.25, 0.3) is 0 Å². The molecule has 1 aromatic carbocycles. The van der Waals surface area contributed by atoms with E-state index >= 15 is 0 Å². The Morgan fingerprint density at radius 1 is 1.29 bits per heavy atom. The van der Waals surface area contributed by atoms with Crippen LogP contribution in [0.3, 0.4) is 0 Å². The molecule has 0 spiro atoms. The Morgan fingerprint density at radius 3 is 3.00 bits per heavy atom. The minimum Gasteiger partial charge on any atom is -0.454 e. The van der Waals surface area contributed by atoms with E-state index in [1.807, 2.05) is 25.1 Å². The molecular weight excluding hydrogens is 292 g/mol. The molecule has 1 aliphatic heterocycles. The molecule has 1 N–H and O–H groups in total. The molecule has 5 nitrogen and oxygen atoms in total. The molecule has 1 aromatic heterocycles. The fraction of sp³-hybridized carbons (Fsp3) is 0.267. The second kappa shape index (κ2) is 6.20. The van der Waals surface area contributed by atoms with Gasteiger partial charge in [-0.3, -0.25) is 0 Å². The van der Waals surface area contributed by atoms with Gasteiger partial charge in [-0.15, -0.1) is 0 Å². The van der Waals surface area contributed by atoms with Crippen molar-refractivity contribution in [2.75, 3.05) is 13.3 Å². The number of rotatable bonds is 5. The molecule has 0 radical (unpaired) electrons. The van der Waals surface area contributed by atoms with Crippen LogP contribution in [0, 0.1) is 0 Å². The Labute approximate surface area is 127 Å². The van der Waals surface area contributed by atoms with E-state index in [1.165, 1.54) is 0 Å². The monoisotopic (exact) mass is 306 g/mol. The molecule has 3 rings (SSSR count). The van der Waals surface area contributed by atoms with Crippen LogP contribution in [-0.2, 0) is 6.54 Å². The van der Waals surface area contributed by atoms with Crippen molar-refractivity contribution in [3.63, 3.8) is 0 Å². The molecule has 6 heteroatoms. The Morgan fingerprint density at radius 2 is 2.14 bits per heavy atom. The first-order valence-electron chi connectivity index (χ1n) is 6.69. The fourth-order valence-corrected chi connectivity index (χ4v) is 2.14. The molecule has 2 heterocycles. The number of hydrogen-bond acceptors (Lipinski definition) is 5. The van der Waals surface area contributed by atoms with E-state index in [-0.39, 0.29) is 6.79 Å². The number of ether oxygens (including phenoxy) is 3. The maximum Gasteiger partial charge on any atom is 0.231 e. The summed E-state index contributed by atoms with van der Waals surface area (Å²) in [6.07, 6.45) is 1.59. The largest absolute Gasteiger partial charge is 0.454 e. The Hall–Kier alpha value is -1.98. The highest BCUT2D eigenvalue weighted by molar-refractivity contribution is 6.31. The van der Waals surface area contributed by atoms with Crippen molar-refractivity contribution in [3.05, 3.63) is 41.0 Å². The van der Waals surface area contributed by atoms with E-state index in [2.05, 4.69) is 10.3 Å². The quantitative estimate of drug-likeness (QED) is 0.918. The van der Waals surface area contributed by atoms with Gasteiger partial charge < -0.3 is 19.5 Å². The molecule has 0 bridgehead atoms. The summed E-state index contributed by atoms with van der Waals surface area (Å²) in [6, 6.07) is 7.24. The summed E-state index contributed by atoms with van der Waals surface area (Å²) in [7, 11) is 0. The van der Waals surface area contributed by atoms with Gasteiger partial charge in [0.1, 0.15) is 5.75 Å². The van der Waals surface area contributed by atoms with Gasteiger partial charge in [-0.25, -0.2) is 4.98 Å². The van der Waals surface area contributed by atoms with Crippen molar-refractivity contribution in [2.24, 2.45) is 0 Å². The average molecular weight is 307 g/mol. The number of benzene rings is 1. The maximum atomic E-state index is 6.12. The number of aromatic nitrogens is 1. The van der Waals surface area contributed by atoms with E-state index < -0.39 is 0 Å². The first-order valence-corrected chi connectivity index (χ1v) is 7.06. The molecule has 0 atom stereocenters. The summed E-state index contributed by atoms with van der Waals surface area (Å²) in [6.45, 7) is 3.83. The zero-order valence-corrected chi connectivity index (χ0v) is 12.3. The van der Waals surface area contributed by atoms with Gasteiger partial charge >= 0.3 is 0 Å². The smallest absolute Gasteiger partial charge is 0.231 e. The number of nitrogens with one attached hydrogen (secondary N) is 1. The maximum absolute atomic E-state index is 6.12. The van der Waals surface area contributed by atoms with Crippen LogP contribution in [0.4, 0.5) is 0 Å². The van der Waals surface area contributed by atoms with Crippen LogP contribution in [-0.4, -0.2) is 18.3 Å². The highest BCUT2D eigenvalue weighted by Gasteiger charge is 2.14. The molecule has 0 unspecified atom stereocenters. The van der Waals surface area contributed by atoms with Gasteiger partial charge in [0, 0.05) is 24.9 Å². The molecular formula is C15H15ClN2O3.